The minimum absolute atomic E-state index is 0.976. The van der Waals surface area contributed by atoms with Gasteiger partial charge in [-0.3, -0.25) is 0 Å². The monoisotopic (exact) mass is 520 g/mol. The van der Waals surface area contributed by atoms with Gasteiger partial charge in [0.15, 0.2) is 0 Å². The summed E-state index contributed by atoms with van der Waals surface area (Å²) in [7, 11) is 0. The first kappa shape index (κ1) is 22.4. The summed E-state index contributed by atoms with van der Waals surface area (Å²) in [5, 5.41) is 5.28. The van der Waals surface area contributed by atoms with Crippen LogP contribution in [0.5, 0.6) is 0 Å². The normalized spacial score (nSPS) is 11.9. The van der Waals surface area contributed by atoms with E-state index in [-0.39, 0.29) is 0 Å². The molecule has 2 heterocycles. The zero-order valence-corrected chi connectivity index (χ0v) is 22.3. The number of rotatable bonds is 3. The first-order valence-corrected chi connectivity index (χ1v) is 14.1. The minimum atomic E-state index is 0.976. The maximum absolute atomic E-state index is 4.98. The highest BCUT2D eigenvalue weighted by Crippen LogP contribution is 2.49. The quantitative estimate of drug-likeness (QED) is 0.227. The summed E-state index contributed by atoms with van der Waals surface area (Å²) in [5.41, 5.74) is 13.0. The molecule has 1 aliphatic rings. The van der Waals surface area contributed by atoms with Crippen molar-refractivity contribution in [2.24, 2.45) is 0 Å². The Bertz CT molecular complexity index is 2290. The zero-order chi connectivity index (χ0) is 26.9. The molecule has 0 N–H and O–H groups in total. The van der Waals surface area contributed by atoms with E-state index in [1.807, 2.05) is 6.07 Å². The molecule has 0 bridgehead atoms. The Morgan fingerprint density at radius 3 is 1.71 bits per heavy atom. The topological polar surface area (TPSA) is 17.8 Å². The lowest BCUT2D eigenvalue weighted by atomic mass is 9.93. The molecule has 0 radical (unpaired) electrons. The number of fused-ring (bicyclic) bond motifs is 3. The van der Waals surface area contributed by atoms with E-state index in [4.69, 9.17) is 4.98 Å². The van der Waals surface area contributed by atoms with Crippen molar-refractivity contribution >= 4 is 32.6 Å². The van der Waals surface area contributed by atoms with Gasteiger partial charge in [-0.2, -0.15) is 0 Å². The highest BCUT2D eigenvalue weighted by Gasteiger charge is 2.24. The molecule has 6 aromatic carbocycles. The van der Waals surface area contributed by atoms with Crippen LogP contribution in [0.15, 0.2) is 146 Å². The molecule has 8 aromatic rings. The number of nitrogens with zero attached hydrogens (tertiary/aromatic N) is 2. The Kier molecular flexibility index (Phi) is 4.64. The molecule has 0 spiro atoms. The van der Waals surface area contributed by atoms with Crippen molar-refractivity contribution in [1.29, 1.82) is 0 Å². The van der Waals surface area contributed by atoms with Crippen LogP contribution in [0.25, 0.3) is 83.0 Å². The van der Waals surface area contributed by atoms with Gasteiger partial charge in [0.05, 0.1) is 22.4 Å². The van der Waals surface area contributed by atoms with Gasteiger partial charge < -0.3 is 4.57 Å². The van der Waals surface area contributed by atoms with Gasteiger partial charge in [-0.15, -0.1) is 0 Å². The van der Waals surface area contributed by atoms with Gasteiger partial charge in [0, 0.05) is 27.6 Å². The number of benzene rings is 6. The van der Waals surface area contributed by atoms with Crippen LogP contribution in [0.4, 0.5) is 0 Å². The van der Waals surface area contributed by atoms with Gasteiger partial charge in [-0.05, 0) is 69.4 Å². The van der Waals surface area contributed by atoms with Crippen LogP contribution in [0.1, 0.15) is 0 Å². The summed E-state index contributed by atoms with van der Waals surface area (Å²) in [6.45, 7) is 0. The van der Waals surface area contributed by atoms with Gasteiger partial charge in [0.1, 0.15) is 0 Å². The molecule has 0 saturated heterocycles. The van der Waals surface area contributed by atoms with Crippen molar-refractivity contribution in [2.75, 3.05) is 0 Å². The van der Waals surface area contributed by atoms with Gasteiger partial charge in [-0.25, -0.2) is 4.98 Å². The SMILES string of the molecule is c1ccc(-c2cccc(-c3ccc(-n4c5cccc6c5c5c7c(cccc7ccc54)-c4ccccc4-6)cc3)n2)cc1. The second kappa shape index (κ2) is 8.51. The average molecular weight is 521 g/mol. The summed E-state index contributed by atoms with van der Waals surface area (Å²) < 4.78 is 2.43. The molecule has 190 valence electrons. The molecule has 0 atom stereocenters. The lowest BCUT2D eigenvalue weighted by Gasteiger charge is -2.14. The Labute approximate surface area is 237 Å². The van der Waals surface area contributed by atoms with E-state index in [1.54, 1.807) is 0 Å². The van der Waals surface area contributed by atoms with Crippen LogP contribution in [0, 0.1) is 0 Å². The van der Waals surface area contributed by atoms with Crippen LogP contribution in [-0.2, 0) is 0 Å². The first-order valence-electron chi connectivity index (χ1n) is 14.1. The Morgan fingerprint density at radius 2 is 0.951 bits per heavy atom. The Balaban J connectivity index is 1.27. The predicted molar refractivity (Wildman–Crippen MR) is 171 cm³/mol. The fourth-order valence-electron chi connectivity index (χ4n) is 6.75. The van der Waals surface area contributed by atoms with E-state index in [0.29, 0.717) is 0 Å². The van der Waals surface area contributed by atoms with Gasteiger partial charge in [0.25, 0.3) is 0 Å². The molecule has 1 aliphatic carbocycles. The summed E-state index contributed by atoms with van der Waals surface area (Å²) in [5.74, 6) is 0. The number of hydrogen-bond acceptors (Lipinski definition) is 1. The number of pyridine rings is 1. The predicted octanol–water partition coefficient (Wildman–Crippen LogP) is 10.3. The Hall–Kier alpha value is -5.47. The third-order valence-electron chi connectivity index (χ3n) is 8.55. The maximum Gasteiger partial charge on any atom is 0.0709 e. The smallest absolute Gasteiger partial charge is 0.0709 e. The van der Waals surface area contributed by atoms with Crippen LogP contribution < -0.4 is 0 Å². The molecule has 0 unspecified atom stereocenters. The summed E-state index contributed by atoms with van der Waals surface area (Å²) >= 11 is 0. The maximum atomic E-state index is 4.98. The van der Waals surface area contributed by atoms with Crippen molar-refractivity contribution in [2.45, 2.75) is 0 Å². The number of aromatic nitrogens is 2. The molecule has 0 amide bonds. The third kappa shape index (κ3) is 3.22. The van der Waals surface area contributed by atoms with E-state index in [2.05, 4.69) is 144 Å². The van der Waals surface area contributed by atoms with Crippen molar-refractivity contribution < 1.29 is 0 Å². The highest BCUT2D eigenvalue weighted by molar-refractivity contribution is 6.30. The largest absolute Gasteiger partial charge is 0.309 e. The zero-order valence-electron chi connectivity index (χ0n) is 22.3. The van der Waals surface area contributed by atoms with E-state index in [0.717, 1.165) is 28.2 Å². The molecular formula is C39H24N2. The van der Waals surface area contributed by atoms with Gasteiger partial charge in [0.2, 0.25) is 0 Å². The van der Waals surface area contributed by atoms with E-state index >= 15 is 0 Å². The van der Waals surface area contributed by atoms with E-state index < -0.39 is 0 Å². The molecule has 0 saturated carbocycles. The van der Waals surface area contributed by atoms with Crippen molar-refractivity contribution in [3.63, 3.8) is 0 Å². The van der Waals surface area contributed by atoms with Gasteiger partial charge >= 0.3 is 0 Å². The van der Waals surface area contributed by atoms with Gasteiger partial charge in [-0.1, -0.05) is 109 Å². The van der Waals surface area contributed by atoms with E-state index in [9.17, 15) is 0 Å². The lowest BCUT2D eigenvalue weighted by molar-refractivity contribution is 1.18. The minimum Gasteiger partial charge on any atom is -0.309 e. The molecule has 2 nitrogen and oxygen atoms in total. The fourth-order valence-corrected chi connectivity index (χ4v) is 6.75. The molecule has 41 heavy (non-hydrogen) atoms. The molecule has 2 heteroatoms. The van der Waals surface area contributed by atoms with Crippen LogP contribution in [0.3, 0.4) is 0 Å². The fraction of sp³-hybridized carbons (Fsp3) is 0. The van der Waals surface area contributed by atoms with E-state index in [1.165, 1.54) is 54.8 Å². The Morgan fingerprint density at radius 1 is 0.366 bits per heavy atom. The molecular weight excluding hydrogens is 496 g/mol. The average Bonchev–Trinajstić information content (AvgIpc) is 3.33. The van der Waals surface area contributed by atoms with Crippen molar-refractivity contribution in [1.82, 2.24) is 9.55 Å². The molecule has 0 aliphatic heterocycles. The van der Waals surface area contributed by atoms with Crippen LogP contribution in [-0.4, -0.2) is 9.55 Å². The summed E-state index contributed by atoms with van der Waals surface area (Å²) in [6.07, 6.45) is 0. The number of hydrogen-bond donors (Lipinski definition) is 0. The van der Waals surface area contributed by atoms with Crippen molar-refractivity contribution in [3.8, 4) is 50.5 Å². The summed E-state index contributed by atoms with van der Waals surface area (Å²) in [6, 6.07) is 52.3. The van der Waals surface area contributed by atoms with Crippen LogP contribution >= 0.6 is 0 Å². The second-order valence-corrected chi connectivity index (χ2v) is 10.8. The third-order valence-corrected chi connectivity index (χ3v) is 8.55. The molecule has 0 fully saturated rings. The highest BCUT2D eigenvalue weighted by atomic mass is 15.0. The lowest BCUT2D eigenvalue weighted by Crippen LogP contribution is -1.95. The molecule has 2 aromatic heterocycles. The van der Waals surface area contributed by atoms with Crippen molar-refractivity contribution in [3.05, 3.63) is 146 Å². The standard InChI is InChI=1S/C39H24N2/c1-2-9-25(10-3-1)33-16-8-17-34(40-33)26-19-22-28(23-20-26)41-35-18-7-15-32-30-13-5-4-12-29(30)31-14-6-11-27-21-24-36(41)39(37(27)31)38(32)35/h1-24H. The first-order chi connectivity index (χ1) is 20.3. The molecule has 9 rings (SSSR count). The summed E-state index contributed by atoms with van der Waals surface area (Å²) in [4.78, 5) is 4.98. The second-order valence-electron chi connectivity index (χ2n) is 10.8. The van der Waals surface area contributed by atoms with Crippen LogP contribution in [0.2, 0.25) is 0 Å².